The highest BCUT2D eigenvalue weighted by Gasteiger charge is 2.40. The average Bonchev–Trinajstić information content (AvgIpc) is 2.79. The lowest BCUT2D eigenvalue weighted by Gasteiger charge is -2.36. The minimum Gasteiger partial charge on any atom is -0.541 e. The molecule has 2 rings (SSSR count). The molecular weight excluding hydrogens is 606 g/mol. The zero-order valence-corrected chi connectivity index (χ0v) is 33.0. The summed E-state index contributed by atoms with van der Waals surface area (Å²) in [5.41, 5.74) is 0. The molecule has 0 spiro atoms. The number of hydrogen-bond acceptors (Lipinski definition) is 4. The van der Waals surface area contributed by atoms with Crippen LogP contribution in [0.15, 0.2) is 36.4 Å². The van der Waals surface area contributed by atoms with Crippen LogP contribution >= 0.6 is 11.1 Å². The Morgan fingerprint density at radius 2 is 0.786 bits per heavy atom. The molecule has 0 unspecified atom stereocenters. The fourth-order valence-corrected chi connectivity index (χ4v) is 4.36. The molecule has 10 heteroatoms. The molecule has 0 amide bonds. The molecule has 242 valence electrons. The highest BCUT2D eigenvalue weighted by molar-refractivity contribution is 7.20. The van der Waals surface area contributed by atoms with Crippen molar-refractivity contribution >= 4 is 35.1 Å². The molecular formula is C32H57ClF2O4Si3. The number of ether oxygens (including phenoxy) is 2. The summed E-state index contributed by atoms with van der Waals surface area (Å²) in [4.78, 5) is 0. The van der Waals surface area contributed by atoms with Crippen molar-refractivity contribution in [2.45, 2.75) is 117 Å². The molecule has 4 nitrogen and oxygen atoms in total. The third kappa shape index (κ3) is 12.6. The van der Waals surface area contributed by atoms with Crippen molar-refractivity contribution < 1.29 is 27.1 Å². The summed E-state index contributed by atoms with van der Waals surface area (Å²) in [7, 11) is -2.17. The van der Waals surface area contributed by atoms with E-state index in [4.69, 9.17) is 29.4 Å². The van der Waals surface area contributed by atoms with Gasteiger partial charge in [0.05, 0.1) is 14.2 Å². The molecule has 0 aliphatic heterocycles. The summed E-state index contributed by atoms with van der Waals surface area (Å²) in [6, 6.07) is 8.75. The Hall–Kier alpha value is -1.56. The number of methoxy groups -OCH3 is 2. The van der Waals surface area contributed by atoms with E-state index in [0.717, 1.165) is 0 Å². The zero-order valence-electron chi connectivity index (χ0n) is 29.2. The van der Waals surface area contributed by atoms with Gasteiger partial charge in [-0.2, -0.15) is 11.1 Å². The lowest BCUT2D eigenvalue weighted by Crippen LogP contribution is -2.43. The molecule has 0 saturated carbocycles. The fourth-order valence-electron chi connectivity index (χ4n) is 2.31. The van der Waals surface area contributed by atoms with Crippen molar-refractivity contribution in [3.63, 3.8) is 0 Å². The van der Waals surface area contributed by atoms with Crippen molar-refractivity contribution in [3.05, 3.63) is 48.0 Å². The molecule has 0 radical (unpaired) electrons. The topological polar surface area (TPSA) is 36.9 Å². The SMILES string of the molecule is CC(C)(C)[Si](C)(C)Cl.COc1cc(F)ccc1O[Si](C)(C)C(C)(C)C.COc1cc(F)ccc1O[Si](C)(C)C(C)(C)C. The van der Waals surface area contributed by atoms with E-state index < -0.39 is 24.0 Å². The Morgan fingerprint density at radius 1 is 0.524 bits per heavy atom. The normalized spacial score (nSPS) is 12.8. The largest absolute Gasteiger partial charge is 0.541 e. The van der Waals surface area contributed by atoms with Gasteiger partial charge in [-0.05, 0) is 65.6 Å². The van der Waals surface area contributed by atoms with E-state index >= 15 is 0 Å². The summed E-state index contributed by atoms with van der Waals surface area (Å²) in [6.07, 6.45) is 0. The summed E-state index contributed by atoms with van der Waals surface area (Å²) in [6.45, 7) is 32.5. The van der Waals surface area contributed by atoms with Crippen LogP contribution in [0.3, 0.4) is 0 Å². The minimum atomic E-state index is -1.91. The third-order valence-corrected chi connectivity index (χ3v) is 22.3. The molecule has 0 atom stereocenters. The predicted octanol–water partition coefficient (Wildman–Crippen LogP) is 11.7. The van der Waals surface area contributed by atoms with E-state index in [0.29, 0.717) is 28.0 Å². The van der Waals surface area contributed by atoms with Gasteiger partial charge in [0.25, 0.3) is 16.6 Å². The first kappa shape index (κ1) is 40.4. The summed E-state index contributed by atoms with van der Waals surface area (Å²) < 4.78 is 48.6. The molecule has 2 aromatic rings. The van der Waals surface area contributed by atoms with Gasteiger partial charge in [0.15, 0.2) is 18.9 Å². The molecule has 0 bridgehead atoms. The smallest absolute Gasteiger partial charge is 0.250 e. The fraction of sp³-hybridized carbons (Fsp3) is 0.625. The lowest BCUT2D eigenvalue weighted by atomic mass is 10.2. The van der Waals surface area contributed by atoms with Crippen molar-refractivity contribution in [1.82, 2.24) is 0 Å². The van der Waals surface area contributed by atoms with E-state index in [1.807, 2.05) is 0 Å². The molecule has 0 heterocycles. The predicted molar refractivity (Wildman–Crippen MR) is 185 cm³/mol. The van der Waals surface area contributed by atoms with Crippen LogP contribution in [0.2, 0.25) is 54.4 Å². The maximum Gasteiger partial charge on any atom is 0.250 e. The highest BCUT2D eigenvalue weighted by atomic mass is 35.6. The van der Waals surface area contributed by atoms with Gasteiger partial charge in [0.2, 0.25) is 0 Å². The van der Waals surface area contributed by atoms with Gasteiger partial charge in [-0.15, -0.1) is 0 Å². The first-order valence-electron chi connectivity index (χ1n) is 14.3. The van der Waals surface area contributed by atoms with Crippen molar-refractivity contribution in [1.29, 1.82) is 0 Å². The van der Waals surface area contributed by atoms with Crippen LogP contribution in [0.1, 0.15) is 62.3 Å². The van der Waals surface area contributed by atoms with Crippen molar-refractivity contribution in [2.24, 2.45) is 0 Å². The third-order valence-electron chi connectivity index (χ3n) is 8.38. The molecule has 0 aliphatic rings. The van der Waals surface area contributed by atoms with E-state index in [1.54, 1.807) is 12.1 Å². The van der Waals surface area contributed by atoms with Gasteiger partial charge < -0.3 is 18.3 Å². The summed E-state index contributed by atoms with van der Waals surface area (Å²) in [5.74, 6) is 1.53. The first-order valence-corrected chi connectivity index (χ1v) is 24.2. The molecule has 0 fully saturated rings. The quantitative estimate of drug-likeness (QED) is 0.228. The second kappa shape index (κ2) is 14.9. The number of hydrogen-bond donors (Lipinski definition) is 0. The lowest BCUT2D eigenvalue weighted by molar-refractivity contribution is 0.382. The Bertz CT molecular complexity index is 1040. The summed E-state index contributed by atoms with van der Waals surface area (Å²) in [5, 5.41) is 0.549. The van der Waals surface area contributed by atoms with Crippen LogP contribution < -0.4 is 18.3 Å². The van der Waals surface area contributed by atoms with Gasteiger partial charge in [0.1, 0.15) is 23.1 Å². The molecule has 0 N–H and O–H groups in total. The second-order valence-corrected chi connectivity index (χ2v) is 31.8. The first-order chi connectivity index (χ1) is 18.6. The van der Waals surface area contributed by atoms with Crippen LogP contribution in [0.25, 0.3) is 0 Å². The number of halogens is 3. The van der Waals surface area contributed by atoms with E-state index in [-0.39, 0.29) is 21.7 Å². The molecule has 42 heavy (non-hydrogen) atoms. The Labute approximate surface area is 263 Å². The molecule has 0 saturated heterocycles. The molecule has 0 aromatic heterocycles. The van der Waals surface area contributed by atoms with Crippen LogP contribution in [-0.2, 0) is 0 Å². The molecule has 0 aliphatic carbocycles. The minimum absolute atomic E-state index is 0.104. The Kier molecular flexibility index (Phi) is 14.4. The summed E-state index contributed by atoms with van der Waals surface area (Å²) >= 11 is 6.15. The van der Waals surface area contributed by atoms with Crippen LogP contribution in [0.5, 0.6) is 23.0 Å². The maximum absolute atomic E-state index is 13.1. The van der Waals surface area contributed by atoms with Gasteiger partial charge in [-0.1, -0.05) is 75.4 Å². The highest BCUT2D eigenvalue weighted by Crippen LogP contribution is 2.41. The Balaban J connectivity index is 0.000000642. The van der Waals surface area contributed by atoms with Gasteiger partial charge in [-0.25, -0.2) is 8.78 Å². The van der Waals surface area contributed by atoms with Gasteiger partial charge in [-0.3, -0.25) is 0 Å². The van der Waals surface area contributed by atoms with E-state index in [1.165, 1.54) is 38.5 Å². The average molecular weight is 664 g/mol. The standard InChI is InChI=1S/2C13H21FO2Si.C6H15ClSi/c2*1-13(2,3)17(5,6)16-11-8-7-10(14)9-12(11)15-4;1-6(2,3)8(4,5)7/h2*7-9H,1-6H3;1-5H3. The van der Waals surface area contributed by atoms with E-state index in [9.17, 15) is 8.78 Å². The number of rotatable bonds is 6. The van der Waals surface area contributed by atoms with Crippen LogP contribution in [-0.4, -0.2) is 38.2 Å². The van der Waals surface area contributed by atoms with Gasteiger partial charge >= 0.3 is 0 Å². The van der Waals surface area contributed by atoms with Crippen LogP contribution in [0, 0.1) is 11.6 Å². The monoisotopic (exact) mass is 662 g/mol. The number of benzene rings is 2. The van der Waals surface area contributed by atoms with Crippen molar-refractivity contribution in [3.8, 4) is 23.0 Å². The van der Waals surface area contributed by atoms with E-state index in [2.05, 4.69) is 102 Å². The Morgan fingerprint density at radius 3 is 0.976 bits per heavy atom. The zero-order chi connectivity index (χ0) is 33.5. The maximum atomic E-state index is 13.1. The van der Waals surface area contributed by atoms with Gasteiger partial charge in [0, 0.05) is 12.1 Å². The molecule has 2 aromatic carbocycles. The van der Waals surface area contributed by atoms with Crippen LogP contribution in [0.4, 0.5) is 8.78 Å². The second-order valence-electron chi connectivity index (χ2n) is 15.0. The van der Waals surface area contributed by atoms with Crippen molar-refractivity contribution in [2.75, 3.05) is 14.2 Å².